The van der Waals surface area contributed by atoms with Crippen molar-refractivity contribution >= 4 is 27.3 Å². The first-order valence-electron chi connectivity index (χ1n) is 4.92. The van der Waals surface area contributed by atoms with E-state index in [1.165, 1.54) is 19.1 Å². The lowest BCUT2D eigenvalue weighted by molar-refractivity contribution is -0.114. The molecule has 94 valence electrons. The van der Waals surface area contributed by atoms with Crippen LogP contribution in [0.25, 0.3) is 0 Å². The normalized spacial score (nSPS) is 10.9. The third-order valence-electron chi connectivity index (χ3n) is 1.84. The number of aliphatic hydroxyl groups is 1. The number of aliphatic hydroxyl groups excluding tert-OH is 1. The SMILES string of the molecule is CC(=O)Nc1ccc(NS(=O)(=O)CCO)cc1. The molecule has 0 radical (unpaired) electrons. The number of sulfonamides is 1. The second-order valence-corrected chi connectivity index (χ2v) is 5.24. The lowest BCUT2D eigenvalue weighted by Crippen LogP contribution is -2.18. The van der Waals surface area contributed by atoms with Gasteiger partial charge in [-0.3, -0.25) is 9.52 Å². The maximum atomic E-state index is 11.3. The number of carbonyl (C=O) groups is 1. The Morgan fingerprint density at radius 2 is 1.76 bits per heavy atom. The number of anilines is 2. The van der Waals surface area contributed by atoms with E-state index in [9.17, 15) is 13.2 Å². The van der Waals surface area contributed by atoms with Crippen molar-refractivity contribution in [2.75, 3.05) is 22.4 Å². The Bertz CT molecular complexity index is 482. The second kappa shape index (κ2) is 5.65. The third-order valence-corrected chi connectivity index (χ3v) is 3.11. The van der Waals surface area contributed by atoms with E-state index < -0.39 is 16.6 Å². The predicted octanol–water partition coefficient (Wildman–Crippen LogP) is 0.379. The number of nitrogens with one attached hydrogen (secondary N) is 2. The van der Waals surface area contributed by atoms with Gasteiger partial charge in [-0.15, -0.1) is 0 Å². The van der Waals surface area contributed by atoms with Gasteiger partial charge in [-0.2, -0.15) is 0 Å². The van der Waals surface area contributed by atoms with E-state index in [0.29, 0.717) is 11.4 Å². The smallest absolute Gasteiger partial charge is 0.234 e. The fourth-order valence-electron chi connectivity index (χ4n) is 1.18. The molecule has 7 heteroatoms. The zero-order valence-corrected chi connectivity index (χ0v) is 10.1. The molecule has 1 rings (SSSR count). The van der Waals surface area contributed by atoms with E-state index in [0.717, 1.165) is 0 Å². The molecule has 0 saturated carbocycles. The molecule has 0 bridgehead atoms. The minimum atomic E-state index is -3.51. The van der Waals surface area contributed by atoms with E-state index in [1.807, 2.05) is 0 Å². The van der Waals surface area contributed by atoms with Crippen LogP contribution in [0.15, 0.2) is 24.3 Å². The monoisotopic (exact) mass is 258 g/mol. The predicted molar refractivity (Wildman–Crippen MR) is 65.2 cm³/mol. The molecule has 0 aliphatic rings. The first-order chi connectivity index (χ1) is 7.93. The molecule has 1 amide bonds. The summed E-state index contributed by atoms with van der Waals surface area (Å²) in [5.41, 5.74) is 0.968. The Labute approximate surface area is 99.7 Å². The number of rotatable bonds is 5. The molecule has 1 aromatic carbocycles. The minimum Gasteiger partial charge on any atom is -0.395 e. The summed E-state index contributed by atoms with van der Waals surface area (Å²) in [6, 6.07) is 6.22. The van der Waals surface area contributed by atoms with E-state index in [1.54, 1.807) is 12.1 Å². The minimum absolute atomic E-state index is 0.196. The van der Waals surface area contributed by atoms with Crippen LogP contribution in [0, 0.1) is 0 Å². The molecule has 0 fully saturated rings. The van der Waals surface area contributed by atoms with Gasteiger partial charge in [-0.05, 0) is 24.3 Å². The molecule has 0 aliphatic carbocycles. The zero-order valence-electron chi connectivity index (χ0n) is 9.30. The fraction of sp³-hybridized carbons (Fsp3) is 0.300. The molecule has 0 spiro atoms. The first-order valence-corrected chi connectivity index (χ1v) is 6.57. The van der Waals surface area contributed by atoms with Crippen LogP contribution in [-0.2, 0) is 14.8 Å². The molecule has 3 N–H and O–H groups in total. The van der Waals surface area contributed by atoms with Gasteiger partial charge >= 0.3 is 0 Å². The van der Waals surface area contributed by atoms with Gasteiger partial charge in [0.05, 0.1) is 12.4 Å². The highest BCUT2D eigenvalue weighted by Crippen LogP contribution is 2.14. The Balaban J connectivity index is 2.72. The number of hydrogen-bond donors (Lipinski definition) is 3. The molecule has 0 saturated heterocycles. The Morgan fingerprint density at radius 1 is 1.24 bits per heavy atom. The maximum absolute atomic E-state index is 11.3. The molecule has 0 heterocycles. The third kappa shape index (κ3) is 4.83. The van der Waals surface area contributed by atoms with Crippen molar-refractivity contribution in [3.63, 3.8) is 0 Å². The van der Waals surface area contributed by atoms with Gasteiger partial charge in [0, 0.05) is 18.3 Å². The van der Waals surface area contributed by atoms with Gasteiger partial charge in [0.25, 0.3) is 0 Å². The Hall–Kier alpha value is -1.60. The van der Waals surface area contributed by atoms with Gasteiger partial charge in [-0.25, -0.2) is 8.42 Å². The zero-order chi connectivity index (χ0) is 12.9. The van der Waals surface area contributed by atoms with Crippen molar-refractivity contribution in [1.29, 1.82) is 0 Å². The first kappa shape index (κ1) is 13.5. The molecule has 6 nitrogen and oxygen atoms in total. The van der Waals surface area contributed by atoms with Crippen molar-refractivity contribution in [3.05, 3.63) is 24.3 Å². The summed E-state index contributed by atoms with van der Waals surface area (Å²) in [7, 11) is -3.51. The van der Waals surface area contributed by atoms with Crippen molar-refractivity contribution in [3.8, 4) is 0 Å². The number of amides is 1. The van der Waals surface area contributed by atoms with E-state index in [4.69, 9.17) is 5.11 Å². The number of hydrogen-bond acceptors (Lipinski definition) is 4. The molecular weight excluding hydrogens is 244 g/mol. The van der Waals surface area contributed by atoms with Crippen LogP contribution in [0.5, 0.6) is 0 Å². The summed E-state index contributed by atoms with van der Waals surface area (Å²) in [6.07, 6.45) is 0. The van der Waals surface area contributed by atoms with Crippen molar-refractivity contribution < 1.29 is 18.3 Å². The van der Waals surface area contributed by atoms with Gasteiger partial charge < -0.3 is 10.4 Å². The van der Waals surface area contributed by atoms with Crippen molar-refractivity contribution in [2.45, 2.75) is 6.92 Å². The highest BCUT2D eigenvalue weighted by Gasteiger charge is 2.08. The summed E-state index contributed by atoms with van der Waals surface area (Å²) < 4.78 is 24.9. The summed E-state index contributed by atoms with van der Waals surface area (Å²) in [6.45, 7) is 0.956. The summed E-state index contributed by atoms with van der Waals surface area (Å²) in [4.78, 5) is 10.8. The standard InChI is InChI=1S/C10H14N2O4S/c1-8(14)11-9-2-4-10(5-3-9)12-17(15,16)7-6-13/h2-5,12-13H,6-7H2,1H3,(H,11,14). The van der Waals surface area contributed by atoms with E-state index >= 15 is 0 Å². The van der Waals surface area contributed by atoms with Crippen LogP contribution in [0.3, 0.4) is 0 Å². The molecule has 0 aliphatic heterocycles. The van der Waals surface area contributed by atoms with Gasteiger partial charge in [0.15, 0.2) is 0 Å². The van der Waals surface area contributed by atoms with E-state index in [2.05, 4.69) is 10.0 Å². The molecule has 0 aromatic heterocycles. The maximum Gasteiger partial charge on any atom is 0.234 e. The van der Waals surface area contributed by atoms with Gasteiger partial charge in [0.1, 0.15) is 0 Å². The van der Waals surface area contributed by atoms with Crippen molar-refractivity contribution in [1.82, 2.24) is 0 Å². The quantitative estimate of drug-likeness (QED) is 0.711. The van der Waals surface area contributed by atoms with Crippen LogP contribution in [0.1, 0.15) is 6.92 Å². The largest absolute Gasteiger partial charge is 0.395 e. The molecule has 0 atom stereocenters. The Morgan fingerprint density at radius 3 is 2.24 bits per heavy atom. The average Bonchev–Trinajstić information content (AvgIpc) is 2.19. The van der Waals surface area contributed by atoms with Crippen molar-refractivity contribution in [2.24, 2.45) is 0 Å². The summed E-state index contributed by atoms with van der Waals surface area (Å²) in [5.74, 6) is -0.543. The summed E-state index contributed by atoms with van der Waals surface area (Å²) >= 11 is 0. The van der Waals surface area contributed by atoms with Gasteiger partial charge in [0.2, 0.25) is 15.9 Å². The highest BCUT2D eigenvalue weighted by atomic mass is 32.2. The van der Waals surface area contributed by atoms with Gasteiger partial charge in [-0.1, -0.05) is 0 Å². The molecule has 0 unspecified atom stereocenters. The molecule has 1 aromatic rings. The van der Waals surface area contributed by atoms with Crippen LogP contribution in [-0.4, -0.2) is 31.8 Å². The number of benzene rings is 1. The topological polar surface area (TPSA) is 95.5 Å². The van der Waals surface area contributed by atoms with E-state index in [-0.39, 0.29) is 11.7 Å². The van der Waals surface area contributed by atoms with Crippen LogP contribution in [0.4, 0.5) is 11.4 Å². The highest BCUT2D eigenvalue weighted by molar-refractivity contribution is 7.92. The lowest BCUT2D eigenvalue weighted by Gasteiger charge is -2.07. The second-order valence-electron chi connectivity index (χ2n) is 3.40. The van der Waals surface area contributed by atoms with Crippen LogP contribution in [0.2, 0.25) is 0 Å². The fourth-order valence-corrected chi connectivity index (χ4v) is 2.01. The summed E-state index contributed by atoms with van der Waals surface area (Å²) in [5, 5.41) is 11.1. The van der Waals surface area contributed by atoms with Crippen LogP contribution < -0.4 is 10.0 Å². The molecule has 17 heavy (non-hydrogen) atoms. The lowest BCUT2D eigenvalue weighted by atomic mass is 10.3. The Kier molecular flexibility index (Phi) is 4.47. The number of carbonyl (C=O) groups excluding carboxylic acids is 1. The average molecular weight is 258 g/mol. The van der Waals surface area contributed by atoms with Crippen LogP contribution >= 0.6 is 0 Å². The molecular formula is C10H14N2O4S.